The molecule has 0 radical (unpaired) electrons. The first kappa shape index (κ1) is 23.9. The molecule has 1 heterocycles. The van der Waals surface area contributed by atoms with Crippen molar-refractivity contribution >= 4 is 18.0 Å². The Labute approximate surface area is 193 Å². The van der Waals surface area contributed by atoms with Gasteiger partial charge in [-0.1, -0.05) is 42.0 Å². The summed E-state index contributed by atoms with van der Waals surface area (Å²) in [4.78, 5) is 25.8. The molecule has 2 aromatic carbocycles. The number of amides is 1. The van der Waals surface area contributed by atoms with Crippen LogP contribution >= 0.6 is 0 Å². The van der Waals surface area contributed by atoms with Gasteiger partial charge in [-0.05, 0) is 50.1 Å². The van der Waals surface area contributed by atoms with Gasteiger partial charge in [0.1, 0.15) is 5.82 Å². The van der Waals surface area contributed by atoms with Crippen molar-refractivity contribution in [2.75, 3.05) is 13.7 Å². The minimum Gasteiger partial charge on any atom is -0.452 e. The first-order chi connectivity index (χ1) is 15.7. The summed E-state index contributed by atoms with van der Waals surface area (Å²) in [5, 5.41) is 4.58. The number of nitrogens with zero attached hydrogens (tertiary/aromatic N) is 3. The summed E-state index contributed by atoms with van der Waals surface area (Å²) in [6.07, 6.45) is 2.97. The summed E-state index contributed by atoms with van der Waals surface area (Å²) in [7, 11) is 1.60. The Morgan fingerprint density at radius 3 is 2.33 bits per heavy atom. The average molecular weight is 450 g/mol. The second-order valence-electron chi connectivity index (χ2n) is 8.05. The number of benzene rings is 2. The van der Waals surface area contributed by atoms with Crippen molar-refractivity contribution in [1.29, 1.82) is 0 Å². The van der Waals surface area contributed by atoms with E-state index in [9.17, 15) is 14.0 Å². The topological polar surface area (TPSA) is 64.4 Å². The predicted molar refractivity (Wildman–Crippen MR) is 125 cm³/mol. The number of halogens is 1. The zero-order valence-electron chi connectivity index (χ0n) is 19.3. The fourth-order valence-electron chi connectivity index (χ4n) is 3.37. The number of carbonyl (C=O) groups is 2. The van der Waals surface area contributed by atoms with Crippen LogP contribution in [0.4, 0.5) is 4.39 Å². The third-order valence-corrected chi connectivity index (χ3v) is 5.37. The highest BCUT2D eigenvalue weighted by atomic mass is 19.1. The van der Waals surface area contributed by atoms with Crippen LogP contribution in [-0.2, 0) is 27.4 Å². The van der Waals surface area contributed by atoms with E-state index in [1.165, 1.54) is 28.7 Å². The van der Waals surface area contributed by atoms with Crippen molar-refractivity contribution in [3.63, 3.8) is 0 Å². The standard InChI is InChI=1S/C26H28FN3O3/c1-18-5-7-22(8-6-18)16-30-20(3)24(19(2)28-30)13-14-26(32)33-17-25(31)29(4)15-21-9-11-23(27)12-10-21/h5-14H,15-17H2,1-4H3/b14-13+. The number of hydrogen-bond donors (Lipinski definition) is 0. The van der Waals surface area contributed by atoms with Gasteiger partial charge in [-0.2, -0.15) is 5.10 Å². The molecule has 0 bridgehead atoms. The molecule has 6 nitrogen and oxygen atoms in total. The molecule has 0 aliphatic carbocycles. The lowest BCUT2D eigenvalue weighted by molar-refractivity contribution is -0.147. The van der Waals surface area contributed by atoms with Crippen LogP contribution in [-0.4, -0.2) is 40.2 Å². The summed E-state index contributed by atoms with van der Waals surface area (Å²) in [5.74, 6) is -1.29. The van der Waals surface area contributed by atoms with E-state index in [4.69, 9.17) is 4.74 Å². The number of rotatable bonds is 8. The minimum atomic E-state index is -0.608. The maximum atomic E-state index is 13.0. The molecule has 33 heavy (non-hydrogen) atoms. The Kier molecular flexibility index (Phi) is 7.77. The molecule has 0 saturated heterocycles. The number of likely N-dealkylation sites (N-methyl/N-ethyl adjacent to an activating group) is 1. The number of esters is 1. The molecule has 1 aromatic heterocycles. The highest BCUT2D eigenvalue weighted by Crippen LogP contribution is 2.17. The van der Waals surface area contributed by atoms with Gasteiger partial charge >= 0.3 is 5.97 Å². The normalized spacial score (nSPS) is 11.1. The molecule has 3 rings (SSSR count). The molecule has 0 atom stereocenters. The van der Waals surface area contributed by atoms with Crippen molar-refractivity contribution in [1.82, 2.24) is 14.7 Å². The number of carbonyl (C=O) groups excluding carboxylic acids is 2. The lowest BCUT2D eigenvalue weighted by atomic mass is 10.1. The van der Waals surface area contributed by atoms with E-state index in [1.54, 1.807) is 25.3 Å². The van der Waals surface area contributed by atoms with E-state index in [-0.39, 0.29) is 18.3 Å². The lowest BCUT2D eigenvalue weighted by Crippen LogP contribution is -2.30. The zero-order chi connectivity index (χ0) is 24.0. The van der Waals surface area contributed by atoms with Crippen LogP contribution in [0.2, 0.25) is 0 Å². The van der Waals surface area contributed by atoms with Crippen molar-refractivity contribution in [2.24, 2.45) is 0 Å². The van der Waals surface area contributed by atoms with Gasteiger partial charge in [-0.3, -0.25) is 9.48 Å². The minimum absolute atomic E-state index is 0.297. The number of ether oxygens (including phenoxy) is 1. The van der Waals surface area contributed by atoms with E-state index in [0.29, 0.717) is 13.1 Å². The summed E-state index contributed by atoms with van der Waals surface area (Å²) >= 11 is 0. The van der Waals surface area contributed by atoms with Crippen LogP contribution in [0.25, 0.3) is 6.08 Å². The monoisotopic (exact) mass is 449 g/mol. The molecule has 0 N–H and O–H groups in total. The Morgan fingerprint density at radius 2 is 1.67 bits per heavy atom. The van der Waals surface area contributed by atoms with Gasteiger partial charge in [0.15, 0.2) is 6.61 Å². The molecule has 1 amide bonds. The maximum Gasteiger partial charge on any atom is 0.331 e. The van der Waals surface area contributed by atoms with Gasteiger partial charge in [-0.25, -0.2) is 9.18 Å². The predicted octanol–water partition coefficient (Wildman–Crippen LogP) is 4.21. The molecule has 3 aromatic rings. The Balaban J connectivity index is 1.54. The molecule has 0 fully saturated rings. The van der Waals surface area contributed by atoms with E-state index in [0.717, 1.165) is 28.1 Å². The highest BCUT2D eigenvalue weighted by Gasteiger charge is 2.13. The van der Waals surface area contributed by atoms with Gasteiger partial charge in [0.2, 0.25) is 0 Å². The molecular weight excluding hydrogens is 421 g/mol. The van der Waals surface area contributed by atoms with Gasteiger partial charge < -0.3 is 9.64 Å². The molecule has 7 heteroatoms. The Bertz CT molecular complexity index is 1150. The average Bonchev–Trinajstić information content (AvgIpc) is 3.05. The third kappa shape index (κ3) is 6.62. The van der Waals surface area contributed by atoms with Gasteiger partial charge in [0.25, 0.3) is 5.91 Å². The first-order valence-electron chi connectivity index (χ1n) is 10.7. The second-order valence-corrected chi connectivity index (χ2v) is 8.05. The molecular formula is C26H28FN3O3. The third-order valence-electron chi connectivity index (χ3n) is 5.37. The molecule has 0 saturated carbocycles. The van der Waals surface area contributed by atoms with Crippen molar-refractivity contribution in [2.45, 2.75) is 33.9 Å². The van der Waals surface area contributed by atoms with Crippen molar-refractivity contribution < 1.29 is 18.7 Å². The molecule has 0 spiro atoms. The summed E-state index contributed by atoms with van der Waals surface area (Å²) < 4.78 is 20.0. The second kappa shape index (κ2) is 10.7. The van der Waals surface area contributed by atoms with Crippen LogP contribution in [0.5, 0.6) is 0 Å². The van der Waals surface area contributed by atoms with Crippen molar-refractivity contribution in [3.05, 3.63) is 94.1 Å². The number of hydrogen-bond acceptors (Lipinski definition) is 4. The SMILES string of the molecule is Cc1ccc(Cn2nc(C)c(/C=C/C(=O)OCC(=O)N(C)Cc3ccc(F)cc3)c2C)cc1. The Morgan fingerprint density at radius 1 is 1.03 bits per heavy atom. The molecule has 0 unspecified atom stereocenters. The number of aryl methyl sites for hydroxylation is 2. The van der Waals surface area contributed by atoms with Crippen LogP contribution in [0.15, 0.2) is 54.6 Å². The van der Waals surface area contributed by atoms with E-state index >= 15 is 0 Å². The van der Waals surface area contributed by atoms with E-state index in [2.05, 4.69) is 29.4 Å². The molecule has 172 valence electrons. The molecule has 0 aliphatic heterocycles. The largest absolute Gasteiger partial charge is 0.452 e. The quantitative estimate of drug-likeness (QED) is 0.382. The zero-order valence-corrected chi connectivity index (χ0v) is 19.3. The summed E-state index contributed by atoms with van der Waals surface area (Å²) in [6.45, 7) is 6.45. The maximum absolute atomic E-state index is 13.0. The number of aromatic nitrogens is 2. The summed E-state index contributed by atoms with van der Waals surface area (Å²) in [6, 6.07) is 14.2. The van der Waals surface area contributed by atoms with Gasteiger partial charge in [0, 0.05) is 30.9 Å². The Hall–Kier alpha value is -3.74. The van der Waals surface area contributed by atoms with Gasteiger partial charge in [-0.15, -0.1) is 0 Å². The van der Waals surface area contributed by atoms with Crippen LogP contribution in [0.1, 0.15) is 33.6 Å². The summed E-state index contributed by atoms with van der Waals surface area (Å²) in [5.41, 5.74) is 5.72. The van der Waals surface area contributed by atoms with E-state index in [1.807, 2.05) is 25.5 Å². The van der Waals surface area contributed by atoms with E-state index < -0.39 is 5.97 Å². The smallest absolute Gasteiger partial charge is 0.331 e. The molecule has 0 aliphatic rings. The van der Waals surface area contributed by atoms with Crippen LogP contribution in [0, 0.1) is 26.6 Å². The first-order valence-corrected chi connectivity index (χ1v) is 10.7. The van der Waals surface area contributed by atoms with Gasteiger partial charge in [0.05, 0.1) is 12.2 Å². The fourth-order valence-corrected chi connectivity index (χ4v) is 3.37. The highest BCUT2D eigenvalue weighted by molar-refractivity contribution is 5.89. The van der Waals surface area contributed by atoms with Crippen molar-refractivity contribution in [3.8, 4) is 0 Å². The fraction of sp³-hybridized carbons (Fsp3) is 0.269. The lowest BCUT2D eigenvalue weighted by Gasteiger charge is -2.16. The van der Waals surface area contributed by atoms with Crippen LogP contribution in [0.3, 0.4) is 0 Å². The van der Waals surface area contributed by atoms with Crippen LogP contribution < -0.4 is 0 Å².